The van der Waals surface area contributed by atoms with Crippen LogP contribution in [0.5, 0.6) is 0 Å². The van der Waals surface area contributed by atoms with E-state index in [2.05, 4.69) is 5.32 Å². The molecule has 0 saturated carbocycles. The summed E-state index contributed by atoms with van der Waals surface area (Å²) in [6.45, 7) is 7.24. The number of unbranched alkanes of at least 4 members (excludes halogenated alkanes) is 1. The van der Waals surface area contributed by atoms with Gasteiger partial charge in [-0.25, -0.2) is 4.79 Å². The van der Waals surface area contributed by atoms with Crippen LogP contribution in [0.1, 0.15) is 59.3 Å². The van der Waals surface area contributed by atoms with Gasteiger partial charge in [-0.3, -0.25) is 4.79 Å². The summed E-state index contributed by atoms with van der Waals surface area (Å²) in [6, 6.07) is 9.54. The average Bonchev–Trinajstić information content (AvgIpc) is 2.58. The Balaban J connectivity index is 1.64. The van der Waals surface area contributed by atoms with E-state index in [-0.39, 0.29) is 12.0 Å². The minimum absolute atomic E-state index is 0.0650. The highest BCUT2D eigenvalue weighted by atomic mass is 16.6. The number of carbonyl (C=O) groups is 2. The van der Waals surface area contributed by atoms with E-state index < -0.39 is 5.60 Å². The van der Waals surface area contributed by atoms with Crippen LogP contribution < -0.4 is 5.32 Å². The number of anilines is 1. The molecule has 0 radical (unpaired) electrons. The van der Waals surface area contributed by atoms with Crippen molar-refractivity contribution < 1.29 is 14.3 Å². The van der Waals surface area contributed by atoms with Crippen LogP contribution in [0.15, 0.2) is 30.3 Å². The van der Waals surface area contributed by atoms with Gasteiger partial charge in [0.15, 0.2) is 0 Å². The van der Waals surface area contributed by atoms with Gasteiger partial charge in [0.05, 0.1) is 0 Å². The number of rotatable bonds is 6. The van der Waals surface area contributed by atoms with Crippen LogP contribution in [0, 0.1) is 5.92 Å². The quantitative estimate of drug-likeness (QED) is 0.739. The van der Waals surface area contributed by atoms with Gasteiger partial charge in [-0.1, -0.05) is 24.6 Å². The van der Waals surface area contributed by atoms with Crippen LogP contribution >= 0.6 is 0 Å². The Morgan fingerprint density at radius 3 is 2.62 bits per heavy atom. The fourth-order valence-corrected chi connectivity index (χ4v) is 3.26. The second-order valence-corrected chi connectivity index (χ2v) is 8.09. The summed E-state index contributed by atoms with van der Waals surface area (Å²) in [5.74, 6) is 0.573. The highest BCUT2D eigenvalue weighted by Gasteiger charge is 2.27. The molecule has 1 aromatic carbocycles. The zero-order valence-electron chi connectivity index (χ0n) is 16.3. The van der Waals surface area contributed by atoms with Crippen molar-refractivity contribution in [3.63, 3.8) is 0 Å². The summed E-state index contributed by atoms with van der Waals surface area (Å²) in [6.07, 6.45) is 5.45. The van der Waals surface area contributed by atoms with Crippen molar-refractivity contribution in [1.82, 2.24) is 4.90 Å². The molecule has 5 nitrogen and oxygen atoms in total. The molecule has 1 N–H and O–H groups in total. The van der Waals surface area contributed by atoms with Gasteiger partial charge in [-0.2, -0.15) is 0 Å². The van der Waals surface area contributed by atoms with Gasteiger partial charge < -0.3 is 15.0 Å². The number of para-hydroxylation sites is 1. The van der Waals surface area contributed by atoms with Gasteiger partial charge in [0.1, 0.15) is 5.60 Å². The van der Waals surface area contributed by atoms with Gasteiger partial charge in [0.2, 0.25) is 5.91 Å². The number of nitrogens with one attached hydrogen (secondary N) is 1. The number of carbonyl (C=O) groups excluding carboxylic acids is 2. The van der Waals surface area contributed by atoms with Crippen molar-refractivity contribution in [1.29, 1.82) is 0 Å². The maximum atomic E-state index is 12.2. The molecule has 1 unspecified atom stereocenters. The highest BCUT2D eigenvalue weighted by molar-refractivity contribution is 5.90. The average molecular weight is 360 g/mol. The third-order valence-corrected chi connectivity index (χ3v) is 4.49. The summed E-state index contributed by atoms with van der Waals surface area (Å²) in [5.41, 5.74) is 0.397. The molecule has 1 aromatic rings. The van der Waals surface area contributed by atoms with Crippen molar-refractivity contribution >= 4 is 17.7 Å². The van der Waals surface area contributed by atoms with Crippen LogP contribution in [0.2, 0.25) is 0 Å². The second kappa shape index (κ2) is 9.60. The maximum absolute atomic E-state index is 12.2. The lowest BCUT2D eigenvalue weighted by atomic mass is 9.92. The highest BCUT2D eigenvalue weighted by Crippen LogP contribution is 2.23. The molecule has 1 fully saturated rings. The van der Waals surface area contributed by atoms with Crippen molar-refractivity contribution in [2.45, 2.75) is 64.9 Å². The minimum atomic E-state index is -0.448. The first kappa shape index (κ1) is 20.3. The SMILES string of the molecule is CC(C)(C)OC(=O)N1CCCC(CCCCC(=O)Nc2ccccc2)C1. The summed E-state index contributed by atoms with van der Waals surface area (Å²) in [5, 5.41) is 2.92. The van der Waals surface area contributed by atoms with Crippen molar-refractivity contribution in [3.05, 3.63) is 30.3 Å². The molecule has 2 rings (SSSR count). The minimum Gasteiger partial charge on any atom is -0.444 e. The number of hydrogen-bond acceptors (Lipinski definition) is 3. The van der Waals surface area contributed by atoms with Gasteiger partial charge >= 0.3 is 6.09 Å². The van der Waals surface area contributed by atoms with E-state index in [1.165, 1.54) is 0 Å². The predicted molar refractivity (Wildman–Crippen MR) is 104 cm³/mol. The van der Waals surface area contributed by atoms with Crippen LogP contribution in [-0.4, -0.2) is 35.6 Å². The molecule has 0 aliphatic carbocycles. The number of hydrogen-bond donors (Lipinski definition) is 1. The molecule has 1 aliphatic heterocycles. The molecule has 0 bridgehead atoms. The molecule has 1 heterocycles. The summed E-state index contributed by atoms with van der Waals surface area (Å²) in [7, 11) is 0. The number of ether oxygens (including phenoxy) is 1. The van der Waals surface area contributed by atoms with E-state index in [1.54, 1.807) is 0 Å². The topological polar surface area (TPSA) is 58.6 Å². The molecular weight excluding hydrogens is 328 g/mol. The molecular formula is C21H32N2O3. The van der Waals surface area contributed by atoms with E-state index >= 15 is 0 Å². The number of likely N-dealkylation sites (tertiary alicyclic amines) is 1. The first-order chi connectivity index (χ1) is 12.3. The molecule has 144 valence electrons. The Morgan fingerprint density at radius 2 is 1.92 bits per heavy atom. The molecule has 5 heteroatoms. The Kier molecular flexibility index (Phi) is 7.49. The number of benzene rings is 1. The first-order valence-electron chi connectivity index (χ1n) is 9.66. The van der Waals surface area contributed by atoms with Crippen LogP contribution in [0.3, 0.4) is 0 Å². The third-order valence-electron chi connectivity index (χ3n) is 4.49. The van der Waals surface area contributed by atoms with Gasteiger partial charge in [-0.15, -0.1) is 0 Å². The Hall–Kier alpha value is -2.04. The molecule has 1 aliphatic rings. The van der Waals surface area contributed by atoms with Crippen molar-refractivity contribution in [2.75, 3.05) is 18.4 Å². The number of nitrogens with zero attached hydrogens (tertiary/aromatic N) is 1. The fourth-order valence-electron chi connectivity index (χ4n) is 3.26. The Morgan fingerprint density at radius 1 is 1.19 bits per heavy atom. The van der Waals surface area contributed by atoms with E-state index in [0.29, 0.717) is 12.3 Å². The normalized spacial score (nSPS) is 17.7. The van der Waals surface area contributed by atoms with Crippen molar-refractivity contribution in [2.24, 2.45) is 5.92 Å². The van der Waals surface area contributed by atoms with Crippen LogP contribution in [0.4, 0.5) is 10.5 Å². The Bertz CT molecular complexity index is 581. The summed E-state index contributed by atoms with van der Waals surface area (Å²) < 4.78 is 5.47. The maximum Gasteiger partial charge on any atom is 0.410 e. The fraction of sp³-hybridized carbons (Fsp3) is 0.619. The standard InChI is InChI=1S/C21H32N2O3/c1-21(2,3)26-20(25)23-15-9-11-17(16-23)10-7-8-14-19(24)22-18-12-5-4-6-13-18/h4-6,12-13,17H,7-11,14-16H2,1-3H3,(H,22,24). The molecule has 1 saturated heterocycles. The summed E-state index contributed by atoms with van der Waals surface area (Å²) >= 11 is 0. The van der Waals surface area contributed by atoms with Gasteiger partial charge in [0, 0.05) is 25.2 Å². The molecule has 2 amide bonds. The van der Waals surface area contributed by atoms with Gasteiger partial charge in [-0.05, 0) is 64.5 Å². The zero-order valence-corrected chi connectivity index (χ0v) is 16.3. The molecule has 0 spiro atoms. The molecule has 26 heavy (non-hydrogen) atoms. The second-order valence-electron chi connectivity index (χ2n) is 8.09. The largest absolute Gasteiger partial charge is 0.444 e. The Labute approximate surface area is 157 Å². The lowest BCUT2D eigenvalue weighted by Gasteiger charge is -2.34. The van der Waals surface area contributed by atoms with Crippen molar-refractivity contribution in [3.8, 4) is 0 Å². The van der Waals surface area contributed by atoms with E-state index in [9.17, 15) is 9.59 Å². The number of piperidine rings is 1. The van der Waals surface area contributed by atoms with E-state index in [0.717, 1.165) is 50.9 Å². The van der Waals surface area contributed by atoms with Gasteiger partial charge in [0.25, 0.3) is 0 Å². The summed E-state index contributed by atoms with van der Waals surface area (Å²) in [4.78, 5) is 26.0. The monoisotopic (exact) mass is 360 g/mol. The van der Waals surface area contributed by atoms with Crippen LogP contribution in [0.25, 0.3) is 0 Å². The predicted octanol–water partition coefficient (Wildman–Crippen LogP) is 4.83. The van der Waals surface area contributed by atoms with E-state index in [4.69, 9.17) is 4.74 Å². The molecule has 0 aromatic heterocycles. The lowest BCUT2D eigenvalue weighted by molar-refractivity contribution is -0.116. The zero-order chi connectivity index (χ0) is 19.0. The smallest absolute Gasteiger partial charge is 0.410 e. The van der Waals surface area contributed by atoms with E-state index in [1.807, 2.05) is 56.0 Å². The lowest BCUT2D eigenvalue weighted by Crippen LogP contribution is -2.42. The third kappa shape index (κ3) is 7.46. The molecule has 1 atom stereocenters. The van der Waals surface area contributed by atoms with Crippen LogP contribution in [-0.2, 0) is 9.53 Å². The first-order valence-corrected chi connectivity index (χ1v) is 9.66. The number of amides is 2.